The number of aromatic nitrogens is 1. The van der Waals surface area contributed by atoms with Crippen molar-refractivity contribution < 1.29 is 14.7 Å². The van der Waals surface area contributed by atoms with Crippen LogP contribution in [0.4, 0.5) is 0 Å². The quantitative estimate of drug-likeness (QED) is 0.822. The number of rotatable bonds is 4. The van der Waals surface area contributed by atoms with Gasteiger partial charge in [-0.3, -0.25) is 14.6 Å². The first kappa shape index (κ1) is 19.8. The Morgan fingerprint density at radius 2 is 2.00 bits per heavy atom. The van der Waals surface area contributed by atoms with Crippen LogP contribution in [0.25, 0.3) is 0 Å². The lowest BCUT2D eigenvalue weighted by Crippen LogP contribution is -2.50. The zero-order chi connectivity index (χ0) is 19.3. The molecule has 2 N–H and O–H groups in total. The molecule has 2 amide bonds. The van der Waals surface area contributed by atoms with Crippen molar-refractivity contribution in [2.75, 3.05) is 32.7 Å². The van der Waals surface area contributed by atoms with Crippen LogP contribution in [0.3, 0.4) is 0 Å². The van der Waals surface area contributed by atoms with Gasteiger partial charge in [0.15, 0.2) is 0 Å². The van der Waals surface area contributed by atoms with E-state index in [4.69, 9.17) is 0 Å². The SMILES string of the molecule is CC(=O)NC1CCN(CC2(O)CCCN(C(=O)c3ccccn3)CC2)CC1. The highest BCUT2D eigenvalue weighted by Gasteiger charge is 2.34. The predicted octanol–water partition coefficient (Wildman–Crippen LogP) is 1.04. The zero-order valence-electron chi connectivity index (χ0n) is 16.1. The Hall–Kier alpha value is -1.99. The number of pyridine rings is 1. The van der Waals surface area contributed by atoms with Gasteiger partial charge in [0.2, 0.25) is 5.91 Å². The van der Waals surface area contributed by atoms with Crippen LogP contribution in [0.5, 0.6) is 0 Å². The van der Waals surface area contributed by atoms with Gasteiger partial charge in [-0.15, -0.1) is 0 Å². The third kappa shape index (κ3) is 5.49. The van der Waals surface area contributed by atoms with Crippen molar-refractivity contribution in [2.24, 2.45) is 0 Å². The number of hydrogen-bond acceptors (Lipinski definition) is 5. The molecule has 0 bridgehead atoms. The molecule has 0 radical (unpaired) electrons. The summed E-state index contributed by atoms with van der Waals surface area (Å²) in [6.07, 6.45) is 5.53. The molecule has 148 valence electrons. The minimum atomic E-state index is -0.764. The average Bonchev–Trinajstić information content (AvgIpc) is 2.85. The van der Waals surface area contributed by atoms with Crippen LogP contribution >= 0.6 is 0 Å². The minimum absolute atomic E-state index is 0.0218. The number of hydrogen-bond donors (Lipinski definition) is 2. The third-order valence-electron chi connectivity index (χ3n) is 5.60. The molecule has 0 aromatic carbocycles. The predicted molar refractivity (Wildman–Crippen MR) is 102 cm³/mol. The molecule has 1 aromatic rings. The lowest BCUT2D eigenvalue weighted by molar-refractivity contribution is -0.120. The molecule has 0 aliphatic carbocycles. The van der Waals surface area contributed by atoms with Crippen LogP contribution in [0, 0.1) is 0 Å². The highest BCUT2D eigenvalue weighted by Crippen LogP contribution is 2.25. The second-order valence-electron chi connectivity index (χ2n) is 7.84. The number of nitrogens with zero attached hydrogens (tertiary/aromatic N) is 3. The van der Waals surface area contributed by atoms with E-state index < -0.39 is 5.60 Å². The Labute approximate surface area is 160 Å². The first-order valence-electron chi connectivity index (χ1n) is 9.87. The Bertz CT molecular complexity index is 646. The first-order valence-corrected chi connectivity index (χ1v) is 9.87. The van der Waals surface area contributed by atoms with E-state index in [0.717, 1.165) is 32.4 Å². The van der Waals surface area contributed by atoms with Crippen LogP contribution in [-0.4, -0.2) is 76.1 Å². The summed E-state index contributed by atoms with van der Waals surface area (Å²) in [7, 11) is 0. The summed E-state index contributed by atoms with van der Waals surface area (Å²) in [6, 6.07) is 5.60. The van der Waals surface area contributed by atoms with Gasteiger partial charge in [-0.05, 0) is 44.2 Å². The van der Waals surface area contributed by atoms with Crippen molar-refractivity contribution in [1.29, 1.82) is 0 Å². The number of carbonyl (C=O) groups excluding carboxylic acids is 2. The summed E-state index contributed by atoms with van der Waals surface area (Å²) in [4.78, 5) is 32.0. The summed E-state index contributed by atoms with van der Waals surface area (Å²) >= 11 is 0. The fraction of sp³-hybridized carbons (Fsp3) is 0.650. The van der Waals surface area contributed by atoms with Gasteiger partial charge < -0.3 is 20.2 Å². The van der Waals surface area contributed by atoms with Crippen LogP contribution < -0.4 is 5.32 Å². The summed E-state index contributed by atoms with van der Waals surface area (Å²) in [6.45, 7) is 5.15. The molecular formula is C20H30N4O3. The Morgan fingerprint density at radius 3 is 2.67 bits per heavy atom. The van der Waals surface area contributed by atoms with E-state index in [2.05, 4.69) is 15.2 Å². The average molecular weight is 374 g/mol. The zero-order valence-corrected chi connectivity index (χ0v) is 16.1. The molecule has 7 nitrogen and oxygen atoms in total. The van der Waals surface area contributed by atoms with Crippen molar-refractivity contribution in [3.05, 3.63) is 30.1 Å². The second-order valence-corrected chi connectivity index (χ2v) is 7.84. The molecule has 3 rings (SSSR count). The van der Waals surface area contributed by atoms with Crippen molar-refractivity contribution in [3.8, 4) is 0 Å². The normalized spacial score (nSPS) is 25.0. The van der Waals surface area contributed by atoms with Crippen LogP contribution in [0.2, 0.25) is 0 Å². The largest absolute Gasteiger partial charge is 0.388 e. The van der Waals surface area contributed by atoms with Gasteiger partial charge >= 0.3 is 0 Å². The highest BCUT2D eigenvalue weighted by atomic mass is 16.3. The molecule has 0 saturated carbocycles. The van der Waals surface area contributed by atoms with Crippen molar-refractivity contribution >= 4 is 11.8 Å². The van der Waals surface area contributed by atoms with Gasteiger partial charge in [0.25, 0.3) is 5.91 Å². The monoisotopic (exact) mass is 374 g/mol. The van der Waals surface area contributed by atoms with Gasteiger partial charge in [0.05, 0.1) is 5.60 Å². The lowest BCUT2D eigenvalue weighted by atomic mass is 9.93. The number of carbonyl (C=O) groups is 2. The van der Waals surface area contributed by atoms with Crippen molar-refractivity contribution in [2.45, 2.75) is 50.7 Å². The summed E-state index contributed by atoms with van der Waals surface area (Å²) in [5, 5.41) is 14.1. The lowest BCUT2D eigenvalue weighted by Gasteiger charge is -2.38. The highest BCUT2D eigenvalue weighted by molar-refractivity contribution is 5.92. The van der Waals surface area contributed by atoms with Gasteiger partial charge in [-0.25, -0.2) is 0 Å². The molecule has 27 heavy (non-hydrogen) atoms. The van der Waals surface area contributed by atoms with Crippen LogP contribution in [0.1, 0.15) is 49.5 Å². The van der Waals surface area contributed by atoms with E-state index in [1.54, 1.807) is 25.3 Å². The summed E-state index contributed by atoms with van der Waals surface area (Å²) < 4.78 is 0. The van der Waals surface area contributed by atoms with Gasteiger partial charge in [0, 0.05) is 51.9 Å². The van der Waals surface area contributed by atoms with Crippen LogP contribution in [0.15, 0.2) is 24.4 Å². The molecule has 3 heterocycles. The molecule has 1 atom stereocenters. The van der Waals surface area contributed by atoms with E-state index in [1.807, 2.05) is 11.0 Å². The number of nitrogens with one attached hydrogen (secondary N) is 1. The molecule has 7 heteroatoms. The fourth-order valence-electron chi connectivity index (χ4n) is 4.13. The molecule has 1 aromatic heterocycles. The molecule has 2 aliphatic heterocycles. The Kier molecular flexibility index (Phi) is 6.44. The standard InChI is InChI=1S/C20H30N4O3/c1-16(25)22-17-6-12-23(13-7-17)15-20(27)8-4-11-24(14-9-20)19(26)18-5-2-3-10-21-18/h2-3,5,10,17,27H,4,6-9,11-15H2,1H3,(H,22,25). The number of likely N-dealkylation sites (tertiary alicyclic amines) is 2. The van der Waals surface area contributed by atoms with Crippen molar-refractivity contribution in [1.82, 2.24) is 20.1 Å². The van der Waals surface area contributed by atoms with Gasteiger partial charge in [-0.2, -0.15) is 0 Å². The van der Waals surface area contributed by atoms with Gasteiger partial charge in [-0.1, -0.05) is 6.07 Å². The maximum atomic E-state index is 12.6. The van der Waals surface area contributed by atoms with E-state index >= 15 is 0 Å². The first-order chi connectivity index (χ1) is 13.0. The molecule has 0 spiro atoms. The Balaban J connectivity index is 1.51. The minimum Gasteiger partial charge on any atom is -0.388 e. The number of amides is 2. The van der Waals surface area contributed by atoms with E-state index in [1.165, 1.54) is 0 Å². The fourth-order valence-corrected chi connectivity index (χ4v) is 4.13. The van der Waals surface area contributed by atoms with Crippen LogP contribution in [-0.2, 0) is 4.79 Å². The van der Waals surface area contributed by atoms with E-state index in [-0.39, 0.29) is 17.9 Å². The Morgan fingerprint density at radius 1 is 1.22 bits per heavy atom. The maximum Gasteiger partial charge on any atom is 0.272 e. The number of piperidine rings is 1. The second kappa shape index (κ2) is 8.80. The van der Waals surface area contributed by atoms with Gasteiger partial charge in [0.1, 0.15) is 5.69 Å². The summed E-state index contributed by atoms with van der Waals surface area (Å²) in [5.74, 6) is -0.0375. The topological polar surface area (TPSA) is 85.8 Å². The van der Waals surface area contributed by atoms with Crippen molar-refractivity contribution in [3.63, 3.8) is 0 Å². The number of aliphatic hydroxyl groups is 1. The molecule has 2 aliphatic rings. The number of β-amino-alcohol motifs (C(OH)–C–C–N with tert-alkyl or cyclic N) is 1. The smallest absolute Gasteiger partial charge is 0.272 e. The molecule has 2 fully saturated rings. The summed E-state index contributed by atoms with van der Waals surface area (Å²) in [5.41, 5.74) is -0.303. The van der Waals surface area contributed by atoms with E-state index in [9.17, 15) is 14.7 Å². The molecular weight excluding hydrogens is 344 g/mol. The third-order valence-corrected chi connectivity index (χ3v) is 5.60. The molecule has 1 unspecified atom stereocenters. The molecule has 2 saturated heterocycles. The maximum absolute atomic E-state index is 12.6. The van der Waals surface area contributed by atoms with E-state index in [0.29, 0.717) is 38.2 Å².